The van der Waals surface area contributed by atoms with Gasteiger partial charge in [0.1, 0.15) is 0 Å². The van der Waals surface area contributed by atoms with Gasteiger partial charge in [-0.15, -0.1) is 0 Å². The highest BCUT2D eigenvalue weighted by Gasteiger charge is 2.05. The molecule has 0 spiro atoms. The Morgan fingerprint density at radius 3 is 2.59 bits per heavy atom. The number of rotatable bonds is 3. The van der Waals surface area contributed by atoms with Crippen molar-refractivity contribution in [2.45, 2.75) is 6.92 Å². The normalized spacial score (nSPS) is 9.94. The van der Waals surface area contributed by atoms with E-state index < -0.39 is 0 Å². The number of amides is 1. The highest BCUT2D eigenvalue weighted by Crippen LogP contribution is 2.15. The number of nitrogens with one attached hydrogen (secondary N) is 1. The first-order chi connectivity index (χ1) is 8.31. The second-order valence-electron chi connectivity index (χ2n) is 3.53. The van der Waals surface area contributed by atoms with Gasteiger partial charge in [-0.2, -0.15) is 0 Å². The quantitative estimate of drug-likeness (QED) is 0.871. The molecule has 0 saturated heterocycles. The van der Waals surface area contributed by atoms with Crippen molar-refractivity contribution in [1.82, 2.24) is 15.3 Å². The maximum absolute atomic E-state index is 11.5. The molecule has 0 aliphatic carbocycles. The molecule has 0 aromatic carbocycles. The van der Waals surface area contributed by atoms with Crippen LogP contribution in [0.4, 0.5) is 0 Å². The Labute approximate surface area is 99.7 Å². The molecule has 2 aromatic rings. The highest BCUT2D eigenvalue weighted by molar-refractivity contribution is 5.94. The standard InChI is InChI=1S/C13H13N3O/c1-2-15-13(17)11-3-4-12(16-9-11)10-5-7-14-8-6-10/h3-9H,2H2,1H3,(H,15,17). The van der Waals surface area contributed by atoms with Crippen molar-refractivity contribution >= 4 is 5.91 Å². The van der Waals surface area contributed by atoms with Gasteiger partial charge < -0.3 is 5.32 Å². The lowest BCUT2D eigenvalue weighted by Gasteiger charge is -2.03. The summed E-state index contributed by atoms with van der Waals surface area (Å²) in [6.45, 7) is 2.50. The molecular formula is C13H13N3O. The topological polar surface area (TPSA) is 54.9 Å². The van der Waals surface area contributed by atoms with Crippen molar-refractivity contribution in [3.8, 4) is 11.3 Å². The number of aromatic nitrogens is 2. The third-order valence-electron chi connectivity index (χ3n) is 2.34. The minimum Gasteiger partial charge on any atom is -0.352 e. The van der Waals surface area contributed by atoms with Gasteiger partial charge in [0.25, 0.3) is 5.91 Å². The van der Waals surface area contributed by atoms with Crippen LogP contribution in [0, 0.1) is 0 Å². The van der Waals surface area contributed by atoms with Crippen molar-refractivity contribution in [2.75, 3.05) is 6.54 Å². The zero-order chi connectivity index (χ0) is 12.1. The summed E-state index contributed by atoms with van der Waals surface area (Å²) in [5.74, 6) is -0.0960. The molecule has 17 heavy (non-hydrogen) atoms. The smallest absolute Gasteiger partial charge is 0.252 e. The summed E-state index contributed by atoms with van der Waals surface area (Å²) < 4.78 is 0. The van der Waals surface area contributed by atoms with E-state index in [-0.39, 0.29) is 5.91 Å². The molecule has 0 unspecified atom stereocenters. The van der Waals surface area contributed by atoms with E-state index in [1.807, 2.05) is 25.1 Å². The Hall–Kier alpha value is -2.23. The zero-order valence-corrected chi connectivity index (χ0v) is 9.55. The summed E-state index contributed by atoms with van der Waals surface area (Å²) in [7, 11) is 0. The molecule has 0 saturated carbocycles. The Balaban J connectivity index is 2.22. The molecule has 86 valence electrons. The first kappa shape index (κ1) is 11.3. The molecule has 2 heterocycles. The van der Waals surface area contributed by atoms with Gasteiger partial charge in [-0.1, -0.05) is 0 Å². The van der Waals surface area contributed by atoms with Crippen LogP contribution in [0.5, 0.6) is 0 Å². The van der Waals surface area contributed by atoms with Crippen molar-refractivity contribution in [1.29, 1.82) is 0 Å². The van der Waals surface area contributed by atoms with Crippen molar-refractivity contribution in [3.63, 3.8) is 0 Å². The lowest BCUT2D eigenvalue weighted by Crippen LogP contribution is -2.22. The van der Waals surface area contributed by atoms with Crippen LogP contribution in [0.3, 0.4) is 0 Å². The first-order valence-electron chi connectivity index (χ1n) is 5.46. The van der Waals surface area contributed by atoms with Gasteiger partial charge in [-0.05, 0) is 31.2 Å². The Morgan fingerprint density at radius 2 is 2.00 bits per heavy atom. The second kappa shape index (κ2) is 5.21. The lowest BCUT2D eigenvalue weighted by molar-refractivity contribution is 0.0955. The molecule has 0 aliphatic heterocycles. The fraction of sp³-hybridized carbons (Fsp3) is 0.154. The van der Waals surface area contributed by atoms with Gasteiger partial charge in [0.05, 0.1) is 11.3 Å². The average Bonchev–Trinajstić information content (AvgIpc) is 2.40. The summed E-state index contributed by atoms with van der Waals surface area (Å²) in [6, 6.07) is 7.37. The van der Waals surface area contributed by atoms with Gasteiger partial charge >= 0.3 is 0 Å². The number of hydrogen-bond donors (Lipinski definition) is 1. The Morgan fingerprint density at radius 1 is 1.24 bits per heavy atom. The molecule has 1 N–H and O–H groups in total. The molecule has 0 fully saturated rings. The first-order valence-corrected chi connectivity index (χ1v) is 5.46. The summed E-state index contributed by atoms with van der Waals surface area (Å²) in [5.41, 5.74) is 2.40. The number of carbonyl (C=O) groups is 1. The monoisotopic (exact) mass is 227 g/mol. The third kappa shape index (κ3) is 2.66. The third-order valence-corrected chi connectivity index (χ3v) is 2.34. The van der Waals surface area contributed by atoms with Crippen LogP contribution in [-0.4, -0.2) is 22.4 Å². The molecular weight excluding hydrogens is 214 g/mol. The van der Waals surface area contributed by atoms with Gasteiger partial charge in [-0.25, -0.2) is 0 Å². The van der Waals surface area contributed by atoms with E-state index in [1.54, 1.807) is 24.7 Å². The molecule has 4 heteroatoms. The van der Waals surface area contributed by atoms with Crippen LogP contribution in [0.2, 0.25) is 0 Å². The van der Waals surface area contributed by atoms with Crippen LogP contribution < -0.4 is 5.32 Å². The second-order valence-corrected chi connectivity index (χ2v) is 3.53. The van der Waals surface area contributed by atoms with Gasteiger partial charge in [0.15, 0.2) is 0 Å². The molecule has 2 rings (SSSR count). The van der Waals surface area contributed by atoms with Crippen molar-refractivity contribution in [3.05, 3.63) is 48.4 Å². The maximum Gasteiger partial charge on any atom is 0.252 e. The molecule has 2 aromatic heterocycles. The van der Waals surface area contributed by atoms with E-state index in [4.69, 9.17) is 0 Å². The summed E-state index contributed by atoms with van der Waals surface area (Å²) in [6.07, 6.45) is 5.02. The summed E-state index contributed by atoms with van der Waals surface area (Å²) >= 11 is 0. The number of hydrogen-bond acceptors (Lipinski definition) is 3. The number of pyridine rings is 2. The predicted octanol–water partition coefficient (Wildman–Crippen LogP) is 1.89. The van der Waals surface area contributed by atoms with Gasteiger partial charge in [0.2, 0.25) is 0 Å². The van der Waals surface area contributed by atoms with Crippen LogP contribution in [0.1, 0.15) is 17.3 Å². The Bertz CT molecular complexity index is 494. The van der Waals surface area contributed by atoms with Crippen molar-refractivity contribution in [2.24, 2.45) is 0 Å². The largest absolute Gasteiger partial charge is 0.352 e. The molecule has 0 bridgehead atoms. The van der Waals surface area contributed by atoms with Crippen LogP contribution in [0.15, 0.2) is 42.9 Å². The minimum absolute atomic E-state index is 0.0960. The number of carbonyl (C=O) groups excluding carboxylic acids is 1. The van der Waals surface area contributed by atoms with E-state index in [9.17, 15) is 4.79 Å². The SMILES string of the molecule is CCNC(=O)c1ccc(-c2ccncc2)nc1. The van der Waals surface area contributed by atoms with E-state index in [2.05, 4.69) is 15.3 Å². The van der Waals surface area contributed by atoms with Crippen LogP contribution >= 0.6 is 0 Å². The van der Waals surface area contributed by atoms with Gasteiger partial charge in [-0.3, -0.25) is 14.8 Å². The number of nitrogens with zero attached hydrogens (tertiary/aromatic N) is 2. The zero-order valence-electron chi connectivity index (χ0n) is 9.55. The summed E-state index contributed by atoms with van der Waals surface area (Å²) in [4.78, 5) is 19.7. The molecule has 0 atom stereocenters. The van der Waals surface area contributed by atoms with Gasteiger partial charge in [0, 0.05) is 30.7 Å². The molecule has 0 radical (unpaired) electrons. The van der Waals surface area contributed by atoms with Crippen molar-refractivity contribution < 1.29 is 4.79 Å². The fourth-order valence-electron chi connectivity index (χ4n) is 1.48. The average molecular weight is 227 g/mol. The lowest BCUT2D eigenvalue weighted by atomic mass is 10.1. The molecule has 1 amide bonds. The van der Waals surface area contributed by atoms with E-state index >= 15 is 0 Å². The Kier molecular flexibility index (Phi) is 3.45. The van der Waals surface area contributed by atoms with Crippen LogP contribution in [-0.2, 0) is 0 Å². The van der Waals surface area contributed by atoms with E-state index in [0.29, 0.717) is 12.1 Å². The fourth-order valence-corrected chi connectivity index (χ4v) is 1.48. The van der Waals surface area contributed by atoms with E-state index in [1.165, 1.54) is 0 Å². The highest BCUT2D eigenvalue weighted by atomic mass is 16.1. The molecule has 0 aliphatic rings. The van der Waals surface area contributed by atoms with Crippen LogP contribution in [0.25, 0.3) is 11.3 Å². The molecule has 4 nitrogen and oxygen atoms in total. The van der Waals surface area contributed by atoms with E-state index in [0.717, 1.165) is 11.3 Å². The maximum atomic E-state index is 11.5. The summed E-state index contributed by atoms with van der Waals surface area (Å²) in [5, 5.41) is 2.73. The minimum atomic E-state index is -0.0960. The predicted molar refractivity (Wildman–Crippen MR) is 65.5 cm³/mol.